The van der Waals surface area contributed by atoms with Gasteiger partial charge >= 0.3 is 0 Å². The Hall–Kier alpha value is -2.00. The monoisotopic (exact) mass is 472 g/mol. The molecule has 0 amide bonds. The van der Waals surface area contributed by atoms with Gasteiger partial charge in [-0.05, 0) is 81.0 Å². The van der Waals surface area contributed by atoms with Crippen LogP contribution in [-0.4, -0.2) is 37.1 Å². The summed E-state index contributed by atoms with van der Waals surface area (Å²) in [5.41, 5.74) is 2.18. The standard InChI is InChI=1S/C25H36N4O3S/c1-25(2,27-17-24(30)21-4-3-11-26-15-21)14-18-6-9-23(10-7-18)29-33(31,32)28-16-22-13-19-5-8-20(22)12-19/h3-4,6-7,9-11,15,19-20,22,24,27-30H,5,8,12-14,16-17H2,1-2H3/t19-,20-,22-,24+/m1/s1. The van der Waals surface area contributed by atoms with E-state index >= 15 is 0 Å². The number of rotatable bonds is 11. The lowest BCUT2D eigenvalue weighted by Gasteiger charge is -2.28. The zero-order valence-corrected chi connectivity index (χ0v) is 20.3. The molecule has 2 saturated carbocycles. The van der Waals surface area contributed by atoms with E-state index in [1.54, 1.807) is 24.5 Å². The fourth-order valence-corrected chi connectivity index (χ4v) is 6.31. The van der Waals surface area contributed by atoms with E-state index in [9.17, 15) is 13.5 Å². The molecule has 2 bridgehead atoms. The summed E-state index contributed by atoms with van der Waals surface area (Å²) in [6, 6.07) is 11.1. The zero-order chi connectivity index (χ0) is 23.5. The minimum absolute atomic E-state index is 0.244. The number of hydrogen-bond acceptors (Lipinski definition) is 5. The number of nitrogens with one attached hydrogen (secondary N) is 3. The fraction of sp³-hybridized carbons (Fsp3) is 0.560. The second-order valence-electron chi connectivity index (χ2n) is 10.3. The number of nitrogens with zero attached hydrogens (tertiary/aromatic N) is 1. The number of aliphatic hydroxyl groups excluding tert-OH is 1. The maximum absolute atomic E-state index is 12.5. The maximum Gasteiger partial charge on any atom is 0.299 e. The van der Waals surface area contributed by atoms with Crippen LogP contribution < -0.4 is 14.8 Å². The molecule has 4 atom stereocenters. The van der Waals surface area contributed by atoms with E-state index in [1.165, 1.54) is 19.3 Å². The summed E-state index contributed by atoms with van der Waals surface area (Å²) in [6.45, 7) is 5.11. The Kier molecular flexibility index (Phi) is 7.38. The van der Waals surface area contributed by atoms with Gasteiger partial charge in [0.05, 0.1) is 6.10 Å². The molecule has 2 aliphatic rings. The third kappa shape index (κ3) is 6.76. The van der Waals surface area contributed by atoms with Gasteiger partial charge < -0.3 is 10.4 Å². The number of benzene rings is 1. The molecule has 4 N–H and O–H groups in total. The van der Waals surface area contributed by atoms with Gasteiger partial charge in [-0.1, -0.05) is 24.6 Å². The topological polar surface area (TPSA) is 103 Å². The largest absolute Gasteiger partial charge is 0.387 e. The number of pyridine rings is 1. The second kappa shape index (κ2) is 10.1. The van der Waals surface area contributed by atoms with E-state index in [-0.39, 0.29) is 5.54 Å². The molecular weight excluding hydrogens is 436 g/mol. The van der Waals surface area contributed by atoms with Gasteiger partial charge in [0.2, 0.25) is 0 Å². The molecule has 4 rings (SSSR count). The summed E-state index contributed by atoms with van der Waals surface area (Å²) in [7, 11) is -3.58. The molecule has 0 saturated heterocycles. The molecule has 1 heterocycles. The van der Waals surface area contributed by atoms with Crippen molar-refractivity contribution in [1.29, 1.82) is 0 Å². The van der Waals surface area contributed by atoms with E-state index in [0.717, 1.165) is 29.9 Å². The highest BCUT2D eigenvalue weighted by Crippen LogP contribution is 2.47. The van der Waals surface area contributed by atoms with Crippen molar-refractivity contribution in [3.8, 4) is 0 Å². The fourth-order valence-electron chi connectivity index (χ4n) is 5.36. The summed E-state index contributed by atoms with van der Waals surface area (Å²) >= 11 is 0. The first kappa shape index (κ1) is 24.1. The molecule has 2 aromatic rings. The second-order valence-corrected chi connectivity index (χ2v) is 11.8. The summed E-state index contributed by atoms with van der Waals surface area (Å²) < 4.78 is 30.4. The first-order valence-electron chi connectivity index (χ1n) is 11.9. The average molecular weight is 473 g/mol. The Morgan fingerprint density at radius 2 is 1.94 bits per heavy atom. The van der Waals surface area contributed by atoms with Crippen LogP contribution in [0.1, 0.15) is 56.8 Å². The van der Waals surface area contributed by atoms with Crippen LogP contribution in [0.25, 0.3) is 0 Å². The molecule has 7 nitrogen and oxygen atoms in total. The lowest BCUT2D eigenvalue weighted by molar-refractivity contribution is 0.160. The van der Waals surface area contributed by atoms with Gasteiger partial charge in [0.15, 0.2) is 0 Å². The van der Waals surface area contributed by atoms with Gasteiger partial charge in [-0.15, -0.1) is 0 Å². The maximum atomic E-state index is 12.5. The van der Waals surface area contributed by atoms with Crippen molar-refractivity contribution in [2.75, 3.05) is 17.8 Å². The van der Waals surface area contributed by atoms with Crippen molar-refractivity contribution in [1.82, 2.24) is 15.0 Å². The molecule has 2 fully saturated rings. The third-order valence-electron chi connectivity index (χ3n) is 7.12. The molecule has 180 valence electrons. The lowest BCUT2D eigenvalue weighted by Crippen LogP contribution is -2.43. The van der Waals surface area contributed by atoms with Crippen LogP contribution in [0.3, 0.4) is 0 Å². The number of fused-ring (bicyclic) bond motifs is 2. The highest BCUT2D eigenvalue weighted by Gasteiger charge is 2.39. The smallest absolute Gasteiger partial charge is 0.299 e. The van der Waals surface area contributed by atoms with Gasteiger partial charge in [-0.25, -0.2) is 0 Å². The number of anilines is 1. The minimum Gasteiger partial charge on any atom is -0.387 e. The molecule has 2 aliphatic carbocycles. The van der Waals surface area contributed by atoms with Crippen molar-refractivity contribution in [2.45, 2.75) is 57.6 Å². The van der Waals surface area contributed by atoms with Crippen molar-refractivity contribution in [3.05, 3.63) is 59.9 Å². The van der Waals surface area contributed by atoms with Gasteiger partial charge in [-0.2, -0.15) is 13.1 Å². The Morgan fingerprint density at radius 1 is 1.15 bits per heavy atom. The van der Waals surface area contributed by atoms with Crippen molar-refractivity contribution >= 4 is 15.9 Å². The Balaban J connectivity index is 1.24. The zero-order valence-electron chi connectivity index (χ0n) is 19.5. The van der Waals surface area contributed by atoms with E-state index in [2.05, 4.69) is 33.6 Å². The SMILES string of the molecule is CC(C)(Cc1ccc(NS(=O)(=O)NC[C@H]2C[C@@H]3CC[C@@H]2C3)cc1)NC[C@H](O)c1cccnc1. The van der Waals surface area contributed by atoms with Crippen LogP contribution in [0.4, 0.5) is 5.69 Å². The van der Waals surface area contributed by atoms with Gasteiger partial charge in [0.1, 0.15) is 0 Å². The van der Waals surface area contributed by atoms with Crippen LogP contribution in [0, 0.1) is 17.8 Å². The lowest BCUT2D eigenvalue weighted by atomic mass is 9.89. The molecule has 1 aromatic heterocycles. The third-order valence-corrected chi connectivity index (χ3v) is 8.17. The summed E-state index contributed by atoms with van der Waals surface area (Å²) in [5, 5.41) is 13.8. The van der Waals surface area contributed by atoms with Crippen LogP contribution in [0.5, 0.6) is 0 Å². The van der Waals surface area contributed by atoms with E-state index in [0.29, 0.717) is 30.6 Å². The van der Waals surface area contributed by atoms with Crippen LogP contribution in [-0.2, 0) is 16.6 Å². The van der Waals surface area contributed by atoms with Gasteiger partial charge in [-0.3, -0.25) is 9.71 Å². The molecule has 8 heteroatoms. The molecule has 33 heavy (non-hydrogen) atoms. The normalized spacial score (nSPS) is 23.5. The van der Waals surface area contributed by atoms with Gasteiger partial charge in [0.25, 0.3) is 10.2 Å². The van der Waals surface area contributed by atoms with Crippen LogP contribution in [0.15, 0.2) is 48.8 Å². The van der Waals surface area contributed by atoms with Crippen molar-refractivity contribution in [2.24, 2.45) is 17.8 Å². The predicted octanol–water partition coefficient (Wildman–Crippen LogP) is 3.41. The molecule has 1 aromatic carbocycles. The van der Waals surface area contributed by atoms with Crippen molar-refractivity contribution < 1.29 is 13.5 Å². The Morgan fingerprint density at radius 3 is 2.58 bits per heavy atom. The van der Waals surface area contributed by atoms with Crippen LogP contribution in [0.2, 0.25) is 0 Å². The quantitative estimate of drug-likeness (QED) is 0.401. The molecular formula is C25H36N4O3S. The van der Waals surface area contributed by atoms with E-state index in [4.69, 9.17) is 0 Å². The number of aliphatic hydroxyl groups is 1. The first-order valence-corrected chi connectivity index (χ1v) is 13.4. The predicted molar refractivity (Wildman–Crippen MR) is 131 cm³/mol. The highest BCUT2D eigenvalue weighted by atomic mass is 32.2. The minimum atomic E-state index is -3.58. The molecule has 0 unspecified atom stereocenters. The highest BCUT2D eigenvalue weighted by molar-refractivity contribution is 7.90. The number of β-amino-alcohol motifs (C(OH)–C–C–N with tert-alkyl or cyclic N) is 1. The molecule has 0 aliphatic heterocycles. The van der Waals surface area contributed by atoms with Crippen LogP contribution >= 0.6 is 0 Å². The Labute approximate surface area is 197 Å². The number of aromatic nitrogens is 1. The average Bonchev–Trinajstić information content (AvgIpc) is 3.41. The van der Waals surface area contributed by atoms with Gasteiger partial charge in [0, 0.05) is 42.3 Å². The summed E-state index contributed by atoms with van der Waals surface area (Å²) in [4.78, 5) is 4.05. The number of hydrogen-bond donors (Lipinski definition) is 4. The van der Waals surface area contributed by atoms with Crippen molar-refractivity contribution in [3.63, 3.8) is 0 Å². The molecule has 0 radical (unpaired) electrons. The van der Waals surface area contributed by atoms with E-state index < -0.39 is 16.3 Å². The Bertz CT molecular complexity index is 1010. The first-order chi connectivity index (χ1) is 15.7. The van der Waals surface area contributed by atoms with E-state index in [1.807, 2.05) is 24.3 Å². The summed E-state index contributed by atoms with van der Waals surface area (Å²) in [6.07, 6.45) is 8.47. The summed E-state index contributed by atoms with van der Waals surface area (Å²) in [5.74, 6) is 1.98. The molecule has 0 spiro atoms.